The number of aromatic hydroxyl groups is 2. The van der Waals surface area contributed by atoms with Crippen LogP contribution in [0.1, 0.15) is 37.4 Å². The van der Waals surface area contributed by atoms with Crippen LogP contribution in [0.25, 0.3) is 0 Å². The summed E-state index contributed by atoms with van der Waals surface area (Å²) in [7, 11) is 0. The van der Waals surface area contributed by atoms with Gasteiger partial charge in [0.25, 0.3) is 0 Å². The predicted octanol–water partition coefficient (Wildman–Crippen LogP) is 7.28. The predicted molar refractivity (Wildman–Crippen MR) is 125 cm³/mol. The van der Waals surface area contributed by atoms with Crippen molar-refractivity contribution in [3.63, 3.8) is 0 Å². The van der Waals surface area contributed by atoms with Crippen LogP contribution in [-0.4, -0.2) is 27.3 Å². The average Bonchev–Trinajstić information content (AvgIpc) is 3.07. The van der Waals surface area contributed by atoms with Gasteiger partial charge in [-0.3, -0.25) is 0 Å². The zero-order chi connectivity index (χ0) is 24.9. The van der Waals surface area contributed by atoms with Gasteiger partial charge in [0, 0.05) is 17.2 Å². The van der Waals surface area contributed by atoms with Crippen LogP contribution in [0, 0.1) is 0 Å². The summed E-state index contributed by atoms with van der Waals surface area (Å²) in [6, 6.07) is 3.58. The van der Waals surface area contributed by atoms with Crippen molar-refractivity contribution in [3.8, 4) is 23.0 Å². The van der Waals surface area contributed by atoms with Gasteiger partial charge in [0.15, 0.2) is 17.1 Å². The van der Waals surface area contributed by atoms with Gasteiger partial charge >= 0.3 is 11.9 Å². The molecule has 0 amide bonds. The first-order valence-electron chi connectivity index (χ1n) is 9.01. The Morgan fingerprint density at radius 3 is 2.15 bits per heavy atom. The number of carboxylic acids is 1. The second kappa shape index (κ2) is 7.62. The smallest absolute Gasteiger partial charge is 0.341 e. The van der Waals surface area contributed by atoms with Crippen molar-refractivity contribution in [2.75, 3.05) is 0 Å². The molecule has 3 aromatic rings. The van der Waals surface area contributed by atoms with E-state index < -0.39 is 43.9 Å². The molecular weight excluding hydrogens is 577 g/mol. The number of rotatable bonds is 1. The fourth-order valence-electron chi connectivity index (χ4n) is 4.10. The number of halogens is 6. The Morgan fingerprint density at radius 1 is 0.853 bits per heavy atom. The lowest BCUT2D eigenvalue weighted by Crippen LogP contribution is -2.33. The summed E-state index contributed by atoms with van der Waals surface area (Å²) in [6.45, 7) is 0. The topological polar surface area (TPSA) is 113 Å². The number of fused-ring (bicyclic) bond motifs is 6. The molecule has 2 heterocycles. The number of hydrogen-bond donors (Lipinski definition) is 3. The Bertz CT molecular complexity index is 1500. The van der Waals surface area contributed by atoms with Crippen LogP contribution >= 0.6 is 69.6 Å². The van der Waals surface area contributed by atoms with E-state index in [1.54, 1.807) is 0 Å². The van der Waals surface area contributed by atoms with E-state index in [1.807, 2.05) is 0 Å². The maximum Gasteiger partial charge on any atom is 0.341 e. The van der Waals surface area contributed by atoms with Gasteiger partial charge in [-0.2, -0.15) is 0 Å². The largest absolute Gasteiger partial charge is 0.506 e. The highest BCUT2D eigenvalue weighted by Gasteiger charge is 2.57. The molecule has 1 unspecified atom stereocenters. The van der Waals surface area contributed by atoms with Crippen molar-refractivity contribution < 1.29 is 34.4 Å². The lowest BCUT2D eigenvalue weighted by Gasteiger charge is -2.37. The lowest BCUT2D eigenvalue weighted by molar-refractivity contribution is 0.0224. The fraction of sp³-hybridized carbons (Fsp3) is 0.0476. The second-order valence-corrected chi connectivity index (χ2v) is 9.57. The molecule has 0 aliphatic carbocycles. The number of carbonyl (C=O) groups is 2. The van der Waals surface area contributed by atoms with Gasteiger partial charge in [-0.1, -0.05) is 69.6 Å². The van der Waals surface area contributed by atoms with Gasteiger partial charge in [-0.15, -0.1) is 0 Å². The van der Waals surface area contributed by atoms with E-state index in [0.29, 0.717) is 0 Å². The summed E-state index contributed by atoms with van der Waals surface area (Å²) in [5.74, 6) is -3.72. The Labute approximate surface area is 219 Å². The molecule has 0 saturated heterocycles. The number of carboxylic acid groups (broad SMARTS) is 1. The summed E-state index contributed by atoms with van der Waals surface area (Å²) < 4.78 is 11.6. The van der Waals surface area contributed by atoms with E-state index in [9.17, 15) is 24.9 Å². The van der Waals surface area contributed by atoms with Crippen molar-refractivity contribution in [3.05, 3.63) is 76.2 Å². The molecule has 1 atom stereocenters. The number of benzene rings is 3. The molecule has 0 bridgehead atoms. The van der Waals surface area contributed by atoms with Crippen molar-refractivity contribution in [1.82, 2.24) is 0 Å². The highest BCUT2D eigenvalue weighted by atomic mass is 35.5. The number of carbonyl (C=O) groups excluding carboxylic acids is 1. The Morgan fingerprint density at radius 2 is 1.50 bits per heavy atom. The lowest BCUT2D eigenvalue weighted by atomic mass is 9.77. The van der Waals surface area contributed by atoms with Gasteiger partial charge in [-0.05, 0) is 12.1 Å². The average molecular weight is 583 g/mol. The fourth-order valence-corrected chi connectivity index (χ4v) is 5.75. The molecule has 3 N–H and O–H groups in total. The van der Waals surface area contributed by atoms with Crippen molar-refractivity contribution in [2.24, 2.45) is 0 Å². The molecule has 174 valence electrons. The summed E-state index contributed by atoms with van der Waals surface area (Å²) >= 11 is 37.6. The summed E-state index contributed by atoms with van der Waals surface area (Å²) in [5.41, 5.74) is -3.08. The molecule has 13 heteroatoms. The van der Waals surface area contributed by atoms with Gasteiger partial charge in [0.2, 0.25) is 0 Å². The minimum absolute atomic E-state index is 0.0155. The standard InChI is InChI=1S/C21H6Cl6O7/c22-6-1-4-9(3-8(6)28)33-18-5(2-7(23)17(29)16(18)27)21(4)12-10(20(32)34-21)14(25)15(26)11(13(12)24)19(30)31/h1-3,28-29H,(H,30,31). The van der Waals surface area contributed by atoms with Crippen molar-refractivity contribution >= 4 is 81.5 Å². The Hall–Kier alpha value is -2.26. The van der Waals surface area contributed by atoms with Crippen LogP contribution in [0.3, 0.4) is 0 Å². The zero-order valence-electron chi connectivity index (χ0n) is 16.0. The van der Waals surface area contributed by atoms with Crippen LogP contribution in [0.15, 0.2) is 18.2 Å². The molecule has 5 rings (SSSR count). The molecule has 7 nitrogen and oxygen atoms in total. The summed E-state index contributed by atoms with van der Waals surface area (Å²) in [6.07, 6.45) is 0. The van der Waals surface area contributed by atoms with Gasteiger partial charge < -0.3 is 24.8 Å². The number of esters is 1. The normalized spacial score (nSPS) is 17.6. The van der Waals surface area contributed by atoms with Crippen LogP contribution in [0.4, 0.5) is 0 Å². The highest BCUT2D eigenvalue weighted by molar-refractivity contribution is 6.48. The van der Waals surface area contributed by atoms with E-state index in [1.165, 1.54) is 12.1 Å². The molecule has 2 aliphatic heterocycles. The van der Waals surface area contributed by atoms with E-state index in [0.717, 1.165) is 6.07 Å². The number of phenols is 2. The quantitative estimate of drug-likeness (QED) is 0.204. The number of ether oxygens (including phenoxy) is 2. The third kappa shape index (κ3) is 2.86. The highest BCUT2D eigenvalue weighted by Crippen LogP contribution is 2.63. The molecule has 0 aromatic heterocycles. The molecular formula is C21H6Cl6O7. The molecule has 2 aliphatic rings. The van der Waals surface area contributed by atoms with Crippen LogP contribution < -0.4 is 4.74 Å². The third-order valence-corrected chi connectivity index (χ3v) is 7.68. The van der Waals surface area contributed by atoms with Gasteiger partial charge in [0.05, 0.1) is 41.8 Å². The first-order chi connectivity index (χ1) is 15.9. The monoisotopic (exact) mass is 580 g/mol. The van der Waals surface area contributed by atoms with Crippen molar-refractivity contribution in [1.29, 1.82) is 0 Å². The number of hydrogen-bond acceptors (Lipinski definition) is 6. The summed E-state index contributed by atoms with van der Waals surface area (Å²) in [5, 5.41) is 28.1. The zero-order valence-corrected chi connectivity index (χ0v) is 20.5. The Balaban J connectivity index is 2.04. The Kier molecular flexibility index (Phi) is 5.26. The minimum atomic E-state index is -2.04. The summed E-state index contributed by atoms with van der Waals surface area (Å²) in [4.78, 5) is 25.1. The molecule has 0 saturated carbocycles. The molecule has 3 aromatic carbocycles. The van der Waals surface area contributed by atoms with Gasteiger partial charge in [-0.25, -0.2) is 9.59 Å². The van der Waals surface area contributed by atoms with E-state index >= 15 is 0 Å². The SMILES string of the molecule is O=C(O)c1c(Cl)c(Cl)c2c(c1Cl)C1(OC2=O)c2cc(Cl)c(O)cc2Oc2c1cc(Cl)c(O)c2Cl. The minimum Gasteiger partial charge on any atom is -0.506 e. The molecule has 0 radical (unpaired) electrons. The van der Waals surface area contributed by atoms with E-state index in [-0.39, 0.29) is 54.6 Å². The maximum absolute atomic E-state index is 13.1. The van der Waals surface area contributed by atoms with Crippen LogP contribution in [-0.2, 0) is 10.3 Å². The van der Waals surface area contributed by atoms with Crippen LogP contribution in [0.5, 0.6) is 23.0 Å². The molecule has 34 heavy (non-hydrogen) atoms. The number of aromatic carboxylic acids is 1. The maximum atomic E-state index is 13.1. The number of phenolic OH excluding ortho intramolecular Hbond substituents is 2. The molecule has 0 fully saturated rings. The third-order valence-electron chi connectivity index (χ3n) is 5.51. The first kappa shape index (κ1) is 23.5. The van der Waals surface area contributed by atoms with E-state index in [4.69, 9.17) is 79.1 Å². The van der Waals surface area contributed by atoms with E-state index in [2.05, 4.69) is 0 Å². The van der Waals surface area contributed by atoms with Crippen LogP contribution in [0.2, 0.25) is 30.1 Å². The van der Waals surface area contributed by atoms with Gasteiger partial charge in [0.1, 0.15) is 16.5 Å². The second-order valence-electron chi connectivity index (χ2n) is 7.24. The van der Waals surface area contributed by atoms with Crippen molar-refractivity contribution in [2.45, 2.75) is 5.60 Å². The molecule has 1 spiro atoms. The first-order valence-corrected chi connectivity index (χ1v) is 11.3.